The van der Waals surface area contributed by atoms with Crippen molar-refractivity contribution in [1.29, 1.82) is 0 Å². The van der Waals surface area contributed by atoms with Crippen molar-refractivity contribution in [2.24, 2.45) is 0 Å². The Hall–Kier alpha value is -10.8. The Morgan fingerprint density at radius 1 is 0.410 bits per heavy atom. The summed E-state index contributed by atoms with van der Waals surface area (Å²) in [6.07, 6.45) is -1.16. The van der Waals surface area contributed by atoms with Gasteiger partial charge in [-0.2, -0.15) is 0 Å². The van der Waals surface area contributed by atoms with Gasteiger partial charge in [-0.25, -0.2) is 15.0 Å². The molecule has 0 radical (unpaired) electrons. The normalized spacial score (nSPS) is 24.5. The van der Waals surface area contributed by atoms with Gasteiger partial charge in [-0.3, -0.25) is 86.9 Å². The lowest BCUT2D eigenvalue weighted by Crippen LogP contribution is -2.64. The number of nitrogens with zero attached hydrogens (tertiary/aromatic N) is 6. The number of amides is 12. The Morgan fingerprint density at radius 3 is 0.984 bits per heavy atom. The summed E-state index contributed by atoms with van der Waals surface area (Å²) in [5, 5.41) is 42.4. The first-order chi connectivity index (χ1) is 58.4. The Kier molecular flexibility index (Phi) is 30.0. The molecule has 122 heavy (non-hydrogen) atoms. The number of nitrogens with one attached hydrogen (secondary N) is 6. The van der Waals surface area contributed by atoms with Gasteiger partial charge < -0.3 is 75.3 Å². The van der Waals surface area contributed by atoms with Gasteiger partial charge in [-0.15, -0.1) is 0 Å². The standard InChI is InChI=1S/C29H30Cl2N4O8.C28H28Cl2N4O8.C23H26Cl2N4O8/c1-41-25-18(30)12-17(13-19(25)31)26(38)32-20-9-10-23(36)34-11-5-8-22(35(34)28(20)40)27(39)33-21-14-24(37)43-29(21)42-15-16-6-3-2-4-7-16;29-17-11-16(12-18(30)24(17)37)25(38)31-19-8-9-22(35)33-10-4-7-21(34(33)27(19)40)26(39)32-20-13-23(36)42-28(20)41-14-15-5-2-1-3-6-15;1-2-36-23-15(10-18(31)37-23)27-21(34)16-4-3-7-28-17(30)6-5-14(22(35)29(16)28)26-20(33)11-8-12(24)19(32)13(25)9-11/h2-4,6-7,12-13,20-22,29H,5,8-11,14-15H2,1H3,(H,32,38)(H,33,39);1-3,5-6,11-12,19-21,28,37H,4,7-10,13-14H2,(H,31,38)(H,32,39);8-9,14-16,23,32H,2-7,10H2,1H3,(H,26,33)(H,27,34)/t20-,21-,22-,29?;19-,20-,21-,28?;14-,15-,16-,23?/m000/s1. The third-order valence-electron chi connectivity index (χ3n) is 21.1. The zero-order valence-electron chi connectivity index (χ0n) is 65.3. The van der Waals surface area contributed by atoms with Crippen molar-refractivity contribution in [3.05, 3.63) is 155 Å². The molecule has 36 nitrogen and oxygen atoms in total. The average molecular weight is 1810 g/mol. The molecule has 9 saturated heterocycles. The van der Waals surface area contributed by atoms with Crippen LogP contribution in [0.4, 0.5) is 0 Å². The summed E-state index contributed by atoms with van der Waals surface area (Å²) in [5.74, 6) is -8.84. The fraction of sp³-hybridized carbons (Fsp3) is 0.438. The highest BCUT2D eigenvalue weighted by Crippen LogP contribution is 2.38. The number of rotatable bonds is 21. The molecule has 12 atom stereocenters. The number of hydrogen-bond donors (Lipinski definition) is 8. The maximum absolute atomic E-state index is 13.8. The van der Waals surface area contributed by atoms with Crippen LogP contribution in [0.25, 0.3) is 0 Å². The molecular weight excluding hydrogens is 1730 g/mol. The van der Waals surface area contributed by atoms with E-state index in [1.165, 1.54) is 58.5 Å². The van der Waals surface area contributed by atoms with Crippen LogP contribution in [0.3, 0.4) is 0 Å². The summed E-state index contributed by atoms with van der Waals surface area (Å²) in [7, 11) is 1.39. The van der Waals surface area contributed by atoms with Crippen LogP contribution in [0, 0.1) is 0 Å². The minimum Gasteiger partial charge on any atom is -0.505 e. The van der Waals surface area contributed by atoms with Gasteiger partial charge in [0.2, 0.25) is 54.3 Å². The number of aromatic hydroxyl groups is 2. The molecule has 0 spiro atoms. The van der Waals surface area contributed by atoms with Crippen molar-refractivity contribution in [3.8, 4) is 17.2 Å². The van der Waals surface area contributed by atoms with E-state index in [9.17, 15) is 82.1 Å². The van der Waals surface area contributed by atoms with E-state index in [0.29, 0.717) is 19.3 Å². The van der Waals surface area contributed by atoms with Crippen LogP contribution < -0.4 is 36.6 Å². The van der Waals surface area contributed by atoms with Crippen LogP contribution in [0.15, 0.2) is 97.1 Å². The largest absolute Gasteiger partial charge is 0.505 e. The molecule has 9 fully saturated rings. The van der Waals surface area contributed by atoms with Gasteiger partial charge in [0, 0.05) is 62.2 Å². The summed E-state index contributed by atoms with van der Waals surface area (Å²) in [6.45, 7) is 3.01. The van der Waals surface area contributed by atoms with Gasteiger partial charge in [0.1, 0.15) is 54.4 Å². The first-order valence-corrected chi connectivity index (χ1v) is 41.3. The molecular formula is C80H84Cl6N12O24. The van der Waals surface area contributed by atoms with Gasteiger partial charge in [-0.05, 0) is 112 Å². The van der Waals surface area contributed by atoms with Crippen LogP contribution in [0.1, 0.15) is 145 Å². The molecule has 3 unspecified atom stereocenters. The number of benzene rings is 5. The van der Waals surface area contributed by atoms with Crippen LogP contribution >= 0.6 is 69.6 Å². The number of hydrazine groups is 3. The molecule has 14 rings (SSSR count). The molecule has 9 aliphatic rings. The number of carbonyl (C=O) groups is 15. The van der Waals surface area contributed by atoms with E-state index in [1.54, 1.807) is 6.92 Å². The van der Waals surface area contributed by atoms with Gasteiger partial charge >= 0.3 is 17.9 Å². The number of carbonyl (C=O) groups excluding carboxylic acids is 15. The molecule has 9 aliphatic heterocycles. The summed E-state index contributed by atoms with van der Waals surface area (Å²) in [5.41, 5.74) is 1.82. The van der Waals surface area contributed by atoms with Crippen molar-refractivity contribution in [2.75, 3.05) is 33.4 Å². The van der Waals surface area contributed by atoms with Gasteiger partial charge in [0.15, 0.2) is 17.2 Å². The van der Waals surface area contributed by atoms with E-state index in [0.717, 1.165) is 26.2 Å². The summed E-state index contributed by atoms with van der Waals surface area (Å²) >= 11 is 36.1. The lowest BCUT2D eigenvalue weighted by atomic mass is 10.0. The van der Waals surface area contributed by atoms with Crippen LogP contribution in [0.5, 0.6) is 17.2 Å². The number of ether oxygens (including phenoxy) is 7. The second-order valence-electron chi connectivity index (χ2n) is 29.4. The Labute approximate surface area is 726 Å². The molecule has 0 bridgehead atoms. The number of fused-ring (bicyclic) bond motifs is 3. The molecule has 8 N–H and O–H groups in total. The first-order valence-electron chi connectivity index (χ1n) is 39.0. The fourth-order valence-corrected chi connectivity index (χ4v) is 16.8. The zero-order chi connectivity index (χ0) is 87.5. The number of esters is 3. The molecule has 9 heterocycles. The maximum atomic E-state index is 13.8. The lowest BCUT2D eigenvalue weighted by Gasteiger charge is -2.43. The van der Waals surface area contributed by atoms with Crippen molar-refractivity contribution >= 4 is 158 Å². The van der Waals surface area contributed by atoms with E-state index in [1.807, 2.05) is 60.7 Å². The molecule has 0 aliphatic carbocycles. The number of phenolic OH excluding ortho intramolecular Hbond substituents is 2. The molecule has 5 aromatic carbocycles. The maximum Gasteiger partial charge on any atom is 0.310 e. The first kappa shape index (κ1) is 90.4. The van der Waals surface area contributed by atoms with E-state index >= 15 is 0 Å². The third kappa shape index (κ3) is 21.3. The van der Waals surface area contributed by atoms with Gasteiger partial charge in [-0.1, -0.05) is 130 Å². The van der Waals surface area contributed by atoms with Crippen molar-refractivity contribution < 1.29 is 115 Å². The fourth-order valence-electron chi connectivity index (χ4n) is 15.1. The summed E-state index contributed by atoms with van der Waals surface area (Å²) in [6, 6.07) is 17.2. The van der Waals surface area contributed by atoms with Crippen molar-refractivity contribution in [2.45, 2.75) is 190 Å². The van der Waals surface area contributed by atoms with E-state index < -0.39 is 144 Å². The monoisotopic (exact) mass is 1810 g/mol. The van der Waals surface area contributed by atoms with Crippen LogP contribution in [-0.4, -0.2) is 236 Å². The Morgan fingerprint density at radius 2 is 0.697 bits per heavy atom. The number of phenols is 2. The number of hydrogen-bond acceptors (Lipinski definition) is 24. The number of methoxy groups -OCH3 is 1. The van der Waals surface area contributed by atoms with Gasteiger partial charge in [0.25, 0.3) is 35.4 Å². The highest BCUT2D eigenvalue weighted by atomic mass is 35.5. The lowest BCUT2D eigenvalue weighted by molar-refractivity contribution is -0.177. The summed E-state index contributed by atoms with van der Waals surface area (Å²) < 4.78 is 37.7. The molecule has 650 valence electrons. The Balaban J connectivity index is 0.000000168. The predicted octanol–water partition coefficient (Wildman–Crippen LogP) is 6.02. The molecule has 42 heteroatoms. The van der Waals surface area contributed by atoms with Crippen LogP contribution in [0.2, 0.25) is 30.1 Å². The average Bonchev–Trinajstić information content (AvgIpc) is 1.34. The van der Waals surface area contributed by atoms with Crippen LogP contribution in [-0.2, 0) is 99.2 Å². The molecule has 0 saturated carbocycles. The quantitative estimate of drug-likeness (QED) is 0.0307. The zero-order valence-corrected chi connectivity index (χ0v) is 69.9. The van der Waals surface area contributed by atoms with E-state index in [4.69, 9.17) is 103 Å². The predicted molar refractivity (Wildman–Crippen MR) is 429 cm³/mol. The number of halogens is 6. The minimum absolute atomic E-state index is 0.00316. The molecule has 12 amide bonds. The topological polar surface area (TPSA) is 453 Å². The van der Waals surface area contributed by atoms with E-state index in [2.05, 4.69) is 31.9 Å². The SMILES string of the molecule is CCOC1OC(=O)C[C@@H]1NC(=O)[C@@H]1CCCN2C(=O)CC[C@H](NC(=O)c3cc(Cl)c(O)c(Cl)c3)C(=O)N12.COc1c(Cl)cc(C(=O)N[C@H]2CCC(=O)N3CCC[C@@H](C(=O)N[C@H]4CC(=O)OC4OCc4ccccc4)N3C2=O)cc1Cl.O=C1C[C@H](NC(=O)[C@@H]2CCCN3C(=O)CC[C@H](NC(=O)c4cc(Cl)c(O)c(Cl)c4)C(=O)N23)C(OCc2ccccc2)O1. The summed E-state index contributed by atoms with van der Waals surface area (Å²) in [4.78, 5) is 195. The van der Waals surface area contributed by atoms with E-state index in [-0.39, 0.29) is 198 Å². The van der Waals surface area contributed by atoms with Crippen molar-refractivity contribution in [1.82, 2.24) is 62.0 Å². The molecule has 5 aromatic rings. The highest BCUT2D eigenvalue weighted by Gasteiger charge is 2.51. The second kappa shape index (κ2) is 40.4. The number of cyclic esters (lactones) is 3. The smallest absolute Gasteiger partial charge is 0.310 e. The minimum atomic E-state index is -1.13. The second-order valence-corrected chi connectivity index (χ2v) is 31.8. The van der Waals surface area contributed by atoms with Crippen molar-refractivity contribution in [3.63, 3.8) is 0 Å². The molecule has 0 aromatic heterocycles. The highest BCUT2D eigenvalue weighted by molar-refractivity contribution is 6.39. The Bertz CT molecular complexity index is 4840. The van der Waals surface area contributed by atoms with Gasteiger partial charge in [0.05, 0.1) is 69.7 Å². The third-order valence-corrected chi connectivity index (χ3v) is 22.9.